The summed E-state index contributed by atoms with van der Waals surface area (Å²) in [5.74, 6) is 0.282. The summed E-state index contributed by atoms with van der Waals surface area (Å²) in [5, 5.41) is 0. The SMILES string of the molecule is CN(CC(=O)N1CCCC(c2ccnc(=O)[nH]2)C1)Cc1cccnc1. The first-order valence-electron chi connectivity index (χ1n) is 8.52. The quantitative estimate of drug-likeness (QED) is 0.877. The van der Waals surface area contributed by atoms with Gasteiger partial charge in [0.1, 0.15) is 0 Å². The van der Waals surface area contributed by atoms with E-state index >= 15 is 0 Å². The molecule has 1 N–H and O–H groups in total. The van der Waals surface area contributed by atoms with Crippen LogP contribution >= 0.6 is 0 Å². The number of rotatable bonds is 5. The first kappa shape index (κ1) is 17.3. The van der Waals surface area contributed by atoms with Gasteiger partial charge in [0.25, 0.3) is 0 Å². The minimum absolute atomic E-state index is 0.118. The van der Waals surface area contributed by atoms with Gasteiger partial charge in [-0.25, -0.2) is 9.78 Å². The molecule has 7 heteroatoms. The monoisotopic (exact) mass is 341 g/mol. The number of hydrogen-bond acceptors (Lipinski definition) is 5. The number of aromatic nitrogens is 3. The van der Waals surface area contributed by atoms with Crippen LogP contribution in [0.15, 0.2) is 41.6 Å². The molecule has 1 aliphatic rings. The number of hydrogen-bond donors (Lipinski definition) is 1. The lowest BCUT2D eigenvalue weighted by Crippen LogP contribution is -2.44. The topological polar surface area (TPSA) is 82.2 Å². The van der Waals surface area contributed by atoms with Crippen LogP contribution in [0.3, 0.4) is 0 Å². The average molecular weight is 341 g/mol. The summed E-state index contributed by atoms with van der Waals surface area (Å²) in [6.07, 6.45) is 6.99. The molecule has 0 spiro atoms. The molecule has 1 aliphatic heterocycles. The van der Waals surface area contributed by atoms with Gasteiger partial charge in [-0.05, 0) is 37.6 Å². The van der Waals surface area contributed by atoms with E-state index in [4.69, 9.17) is 0 Å². The third-order valence-electron chi connectivity index (χ3n) is 4.49. The molecular weight excluding hydrogens is 318 g/mol. The molecule has 132 valence electrons. The number of carbonyl (C=O) groups is 1. The maximum absolute atomic E-state index is 12.6. The lowest BCUT2D eigenvalue weighted by atomic mass is 9.94. The fourth-order valence-corrected chi connectivity index (χ4v) is 3.27. The van der Waals surface area contributed by atoms with E-state index < -0.39 is 0 Å². The van der Waals surface area contributed by atoms with Crippen molar-refractivity contribution in [1.82, 2.24) is 24.8 Å². The molecule has 7 nitrogen and oxygen atoms in total. The molecule has 0 aliphatic carbocycles. The zero-order valence-corrected chi connectivity index (χ0v) is 14.4. The number of pyridine rings is 1. The van der Waals surface area contributed by atoms with Crippen LogP contribution in [0.5, 0.6) is 0 Å². The van der Waals surface area contributed by atoms with Gasteiger partial charge in [-0.3, -0.25) is 14.7 Å². The summed E-state index contributed by atoms with van der Waals surface area (Å²) in [6.45, 7) is 2.47. The third kappa shape index (κ3) is 4.73. The molecular formula is C18H23N5O2. The van der Waals surface area contributed by atoms with Crippen molar-refractivity contribution < 1.29 is 4.79 Å². The summed E-state index contributed by atoms with van der Waals surface area (Å²) in [6, 6.07) is 5.73. The van der Waals surface area contributed by atoms with Crippen LogP contribution < -0.4 is 5.69 Å². The Morgan fingerprint density at radius 2 is 2.28 bits per heavy atom. The maximum Gasteiger partial charge on any atom is 0.345 e. The number of likely N-dealkylation sites (tertiary alicyclic amines) is 1. The predicted molar refractivity (Wildman–Crippen MR) is 94.0 cm³/mol. The molecule has 2 aromatic rings. The molecule has 2 aromatic heterocycles. The van der Waals surface area contributed by atoms with E-state index in [1.807, 2.05) is 41.2 Å². The van der Waals surface area contributed by atoms with E-state index in [0.29, 0.717) is 19.6 Å². The molecule has 25 heavy (non-hydrogen) atoms. The predicted octanol–water partition coefficient (Wildman–Crippen LogP) is 1.00. The normalized spacial score (nSPS) is 17.7. The number of nitrogens with zero attached hydrogens (tertiary/aromatic N) is 4. The molecule has 3 heterocycles. The number of amides is 1. The van der Waals surface area contributed by atoms with Crippen LogP contribution in [0.25, 0.3) is 0 Å². The lowest BCUT2D eigenvalue weighted by Gasteiger charge is -2.33. The van der Waals surface area contributed by atoms with E-state index in [2.05, 4.69) is 15.0 Å². The zero-order chi connectivity index (χ0) is 17.6. The Kier molecular flexibility index (Phi) is 5.55. The van der Waals surface area contributed by atoms with Crippen LogP contribution in [0.1, 0.15) is 30.0 Å². The summed E-state index contributed by atoms with van der Waals surface area (Å²) < 4.78 is 0. The van der Waals surface area contributed by atoms with Crippen LogP contribution in [0.2, 0.25) is 0 Å². The Balaban J connectivity index is 1.57. The van der Waals surface area contributed by atoms with Crippen molar-refractivity contribution in [3.63, 3.8) is 0 Å². The van der Waals surface area contributed by atoms with Crippen LogP contribution in [-0.2, 0) is 11.3 Å². The van der Waals surface area contributed by atoms with Crippen molar-refractivity contribution in [3.8, 4) is 0 Å². The van der Waals surface area contributed by atoms with Crippen molar-refractivity contribution in [1.29, 1.82) is 0 Å². The minimum atomic E-state index is -0.336. The van der Waals surface area contributed by atoms with Gasteiger partial charge in [-0.2, -0.15) is 0 Å². The summed E-state index contributed by atoms with van der Waals surface area (Å²) in [4.78, 5) is 38.5. The second-order valence-electron chi connectivity index (χ2n) is 6.54. The van der Waals surface area contributed by atoms with Gasteiger partial charge in [0.2, 0.25) is 5.91 Å². The molecule has 0 radical (unpaired) electrons. The second-order valence-corrected chi connectivity index (χ2v) is 6.54. The first-order chi connectivity index (χ1) is 12.1. The van der Waals surface area contributed by atoms with Crippen molar-refractivity contribution in [2.24, 2.45) is 0 Å². The van der Waals surface area contributed by atoms with Gasteiger partial charge in [-0.1, -0.05) is 6.07 Å². The Morgan fingerprint density at radius 1 is 1.40 bits per heavy atom. The van der Waals surface area contributed by atoms with Gasteiger partial charge in [-0.15, -0.1) is 0 Å². The maximum atomic E-state index is 12.6. The van der Waals surface area contributed by atoms with E-state index in [1.54, 1.807) is 6.20 Å². The van der Waals surface area contributed by atoms with Crippen LogP contribution in [0.4, 0.5) is 0 Å². The van der Waals surface area contributed by atoms with Gasteiger partial charge >= 0.3 is 5.69 Å². The standard InChI is InChI=1S/C18H23N5O2/c1-22(11-14-4-2-7-19-10-14)13-17(24)23-9-3-5-15(12-23)16-6-8-20-18(25)21-16/h2,4,6-8,10,15H,3,5,9,11-13H2,1H3,(H,20,21,25). The van der Waals surface area contributed by atoms with Crippen LogP contribution in [0, 0.1) is 0 Å². The lowest BCUT2D eigenvalue weighted by molar-refractivity contribution is -0.133. The van der Waals surface area contributed by atoms with E-state index in [0.717, 1.165) is 30.6 Å². The fraction of sp³-hybridized carbons (Fsp3) is 0.444. The molecule has 1 unspecified atom stereocenters. The molecule has 0 bridgehead atoms. The largest absolute Gasteiger partial charge is 0.345 e. The van der Waals surface area contributed by atoms with Crippen LogP contribution in [-0.4, -0.2) is 57.3 Å². The number of H-pyrrole nitrogens is 1. The average Bonchev–Trinajstić information content (AvgIpc) is 2.62. The number of carbonyl (C=O) groups excluding carboxylic acids is 1. The highest BCUT2D eigenvalue weighted by Gasteiger charge is 2.25. The zero-order valence-electron chi connectivity index (χ0n) is 14.4. The molecule has 1 saturated heterocycles. The van der Waals surface area contributed by atoms with Gasteiger partial charge in [0, 0.05) is 49.8 Å². The van der Waals surface area contributed by atoms with E-state index in [-0.39, 0.29) is 17.5 Å². The number of piperidine rings is 1. The minimum Gasteiger partial charge on any atom is -0.341 e. The summed E-state index contributed by atoms with van der Waals surface area (Å²) in [7, 11) is 1.94. The van der Waals surface area contributed by atoms with E-state index in [1.165, 1.54) is 6.20 Å². The summed E-state index contributed by atoms with van der Waals surface area (Å²) in [5.41, 5.74) is 1.61. The molecule has 1 amide bonds. The summed E-state index contributed by atoms with van der Waals surface area (Å²) >= 11 is 0. The van der Waals surface area contributed by atoms with Crippen molar-refractivity contribution in [3.05, 3.63) is 58.5 Å². The van der Waals surface area contributed by atoms with Gasteiger partial charge in [0.05, 0.1) is 6.54 Å². The van der Waals surface area contributed by atoms with Gasteiger partial charge < -0.3 is 9.88 Å². The molecule has 1 atom stereocenters. The smallest absolute Gasteiger partial charge is 0.341 e. The molecule has 0 aromatic carbocycles. The highest BCUT2D eigenvalue weighted by atomic mass is 16.2. The van der Waals surface area contributed by atoms with E-state index in [9.17, 15) is 9.59 Å². The Hall–Kier alpha value is -2.54. The molecule has 1 fully saturated rings. The number of nitrogens with one attached hydrogen (secondary N) is 1. The number of likely N-dealkylation sites (N-methyl/N-ethyl adjacent to an activating group) is 1. The Bertz CT molecular complexity index is 761. The number of aromatic amines is 1. The molecule has 0 saturated carbocycles. The third-order valence-corrected chi connectivity index (χ3v) is 4.49. The molecule has 3 rings (SSSR count). The fourth-order valence-electron chi connectivity index (χ4n) is 3.27. The highest BCUT2D eigenvalue weighted by molar-refractivity contribution is 5.78. The Morgan fingerprint density at radius 3 is 3.04 bits per heavy atom. The van der Waals surface area contributed by atoms with Crippen molar-refractivity contribution in [2.45, 2.75) is 25.3 Å². The van der Waals surface area contributed by atoms with Crippen molar-refractivity contribution in [2.75, 3.05) is 26.7 Å². The van der Waals surface area contributed by atoms with Crippen molar-refractivity contribution >= 4 is 5.91 Å². The Labute approximate surface area is 146 Å². The second kappa shape index (κ2) is 8.02. The highest BCUT2D eigenvalue weighted by Crippen LogP contribution is 2.24. The first-order valence-corrected chi connectivity index (χ1v) is 8.52. The van der Waals surface area contributed by atoms with Gasteiger partial charge in [0.15, 0.2) is 0 Å².